The fourth-order valence-electron chi connectivity index (χ4n) is 12.8. The van der Waals surface area contributed by atoms with Crippen molar-refractivity contribution in [3.8, 4) is 61.8 Å². The Hall–Kier alpha value is -7.98. The molecule has 0 radical (unpaired) electrons. The van der Waals surface area contributed by atoms with E-state index in [9.17, 15) is 8.22 Å². The summed E-state index contributed by atoms with van der Waals surface area (Å²) in [7, 11) is 0. The van der Waals surface area contributed by atoms with E-state index in [-0.39, 0.29) is 131 Å². The van der Waals surface area contributed by atoms with Gasteiger partial charge in [-0.15, -0.1) is 48.1 Å². The number of benzene rings is 9. The molecule has 1 aliphatic carbocycles. The second-order valence-corrected chi connectivity index (χ2v) is 29.5. The van der Waals surface area contributed by atoms with Crippen molar-refractivity contribution < 1.29 is 43.6 Å². The maximum atomic E-state index is 10.3. The Morgan fingerprint density at radius 1 is 0.489 bits per heavy atom. The summed E-state index contributed by atoms with van der Waals surface area (Å²) in [5, 5.41) is 0.653. The van der Waals surface area contributed by atoms with E-state index in [1.165, 1.54) is 17.3 Å². The van der Waals surface area contributed by atoms with Gasteiger partial charge in [0.15, 0.2) is 0 Å². The molecule has 0 amide bonds. The van der Waals surface area contributed by atoms with Gasteiger partial charge in [-0.05, 0) is 148 Å². The van der Waals surface area contributed by atoms with Gasteiger partial charge in [-0.2, -0.15) is 12.1 Å². The van der Waals surface area contributed by atoms with Crippen LogP contribution in [0.25, 0.3) is 72.1 Å². The molecule has 3 heterocycles. The average molecular weight is 1370 g/mol. The first-order valence-electron chi connectivity index (χ1n) is 37.4. The van der Waals surface area contributed by atoms with E-state index in [0.717, 1.165) is 52.0 Å². The van der Waals surface area contributed by atoms with Crippen molar-refractivity contribution in [2.45, 2.75) is 156 Å². The number of aromatic nitrogens is 2. The summed E-state index contributed by atoms with van der Waals surface area (Å²) in [4.78, 5) is 8.99. The number of hydrogen-bond acceptors (Lipinski definition) is 4. The molecule has 0 bridgehead atoms. The molecule has 6 heteroatoms. The van der Waals surface area contributed by atoms with Crippen molar-refractivity contribution in [2.75, 3.05) is 9.80 Å². The van der Waals surface area contributed by atoms with Crippen LogP contribution in [0.1, 0.15) is 175 Å². The number of ether oxygens (including phenoxy) is 1. The molecule has 11 aromatic rings. The largest absolute Gasteiger partial charge is 0.509 e. The molecule has 0 spiro atoms. The first kappa shape index (κ1) is 47.9. The SMILES string of the molecule is [2H]c1c([2H])c([2H])c(-c2cnc(-n3c4[c-]c(Oc5[c-]c(N6[CH-]N(c7c(-c8ccc9c(c8)C(C)(C)CCC9(C)C)cc(C(C)(C)C)cc7-c7c([2H])c([2H])c(-c8ccc(C(C)(C)C)cc8C(C)(C)C)c([2H])c7[2H])c7ccccc76)ccc5)ccc4c4c([2H])c([2H])c([2H])c([2H])c43)cc2C(C)(C)C)c([2H])c1[2H].[Pt]. The van der Waals surface area contributed by atoms with E-state index in [1.54, 1.807) is 28.8 Å². The van der Waals surface area contributed by atoms with Crippen molar-refractivity contribution in [3.63, 3.8) is 0 Å². The van der Waals surface area contributed by atoms with Crippen molar-refractivity contribution in [1.29, 1.82) is 0 Å². The Labute approximate surface area is 568 Å². The minimum Gasteiger partial charge on any atom is -0.509 e. The van der Waals surface area contributed by atoms with E-state index in [1.807, 2.05) is 80.9 Å². The Morgan fingerprint density at radius 2 is 1.08 bits per heavy atom. The van der Waals surface area contributed by atoms with E-state index >= 15 is 0 Å². The van der Waals surface area contributed by atoms with Gasteiger partial charge in [0.25, 0.3) is 0 Å². The van der Waals surface area contributed by atoms with Gasteiger partial charge in [0.1, 0.15) is 5.82 Å². The zero-order valence-electron chi connectivity index (χ0n) is 67.5. The third-order valence-corrected chi connectivity index (χ3v) is 18.1. The first-order valence-corrected chi connectivity index (χ1v) is 30.9. The number of hydrogen-bond donors (Lipinski definition) is 0. The smallest absolute Gasteiger partial charge is 0.135 e. The maximum Gasteiger partial charge on any atom is 0.135 e. The summed E-state index contributed by atoms with van der Waals surface area (Å²) in [6.45, 7) is 36.3. The summed E-state index contributed by atoms with van der Waals surface area (Å²) >= 11 is 0. The van der Waals surface area contributed by atoms with Crippen molar-refractivity contribution in [2.24, 2.45) is 0 Å². The zero-order valence-corrected chi connectivity index (χ0v) is 56.7. The van der Waals surface area contributed by atoms with Gasteiger partial charge in [-0.1, -0.05) is 237 Å². The molecule has 0 saturated heterocycles. The van der Waals surface area contributed by atoms with Gasteiger partial charge in [0.2, 0.25) is 0 Å². The topological polar surface area (TPSA) is 33.5 Å². The summed E-state index contributed by atoms with van der Waals surface area (Å²) < 4.78 is 129. The number of fused-ring (bicyclic) bond motifs is 5. The van der Waals surface area contributed by atoms with E-state index in [0.29, 0.717) is 44.5 Å². The van der Waals surface area contributed by atoms with Crippen LogP contribution in [0.4, 0.5) is 22.7 Å². The van der Waals surface area contributed by atoms with Crippen LogP contribution in [-0.4, -0.2) is 9.55 Å². The van der Waals surface area contributed by atoms with Crippen molar-refractivity contribution in [3.05, 3.63) is 246 Å². The number of anilines is 4. The maximum absolute atomic E-state index is 10.3. The molecular formula is C84H85N4OPt-3. The molecule has 0 atom stereocenters. The van der Waals surface area contributed by atoms with Crippen LogP contribution in [-0.2, 0) is 53.6 Å². The van der Waals surface area contributed by atoms with Crippen LogP contribution in [0.5, 0.6) is 11.5 Å². The molecule has 460 valence electrons. The van der Waals surface area contributed by atoms with Gasteiger partial charge < -0.3 is 19.1 Å². The summed E-state index contributed by atoms with van der Waals surface area (Å²) in [5.41, 5.74) is 11.0. The molecule has 0 N–H and O–H groups in total. The van der Waals surface area contributed by atoms with Crippen molar-refractivity contribution >= 4 is 44.6 Å². The average Bonchev–Trinajstić information content (AvgIpc) is 1.67. The molecule has 9 aromatic carbocycles. The Kier molecular flexibility index (Phi) is 12.1. The van der Waals surface area contributed by atoms with Gasteiger partial charge in [0, 0.05) is 78.0 Å². The number of rotatable bonds is 9. The minimum atomic E-state index is -0.714. The molecule has 90 heavy (non-hydrogen) atoms. The van der Waals surface area contributed by atoms with E-state index < -0.39 is 46.5 Å². The van der Waals surface area contributed by atoms with E-state index in [2.05, 4.69) is 143 Å². The minimum absolute atomic E-state index is 0. The van der Waals surface area contributed by atoms with E-state index in [4.69, 9.17) is 19.3 Å². The van der Waals surface area contributed by atoms with Crippen LogP contribution >= 0.6 is 0 Å². The van der Waals surface area contributed by atoms with Crippen LogP contribution in [0.2, 0.25) is 0 Å². The molecule has 5 nitrogen and oxygen atoms in total. The molecule has 2 aromatic heterocycles. The first-order chi connectivity index (χ1) is 47.5. The van der Waals surface area contributed by atoms with Crippen LogP contribution in [0.3, 0.4) is 0 Å². The van der Waals surface area contributed by atoms with Gasteiger partial charge in [-0.3, -0.25) is 0 Å². The molecule has 0 unspecified atom stereocenters. The standard InChI is InChI=1S/C84H85N4O.Pt/c1-79(2,3)58-38-40-63(70(48-58)81(7,8)9)55-33-35-56(36-34-55)66-46-59(80(4,5)6)47-67(57-37-42-69-72(45-57)84(15,16)44-43-83(69,13)14)78(66)87-53-86(74-31-22-23-32-75(74)87)60-27-24-28-61(49-60)89-62-39-41-65-64-29-20-21-30-73(64)88(76(65)50-62)77-51-71(82(10,11)12)68(52-85-77)54-25-18-17-19-26-54;/h17-42,45-48,51-53H,43-44H2,1-16H3;/q-3;/i17D,18D,19D,20D,21D,25D,26D,29D,30D,33D,34D,35D,36D;. The van der Waals surface area contributed by atoms with Crippen LogP contribution in [0, 0.1) is 18.8 Å². The van der Waals surface area contributed by atoms with Crippen molar-refractivity contribution in [1.82, 2.24) is 9.55 Å². The fourth-order valence-corrected chi connectivity index (χ4v) is 12.8. The normalized spacial score (nSPS) is 16.8. The van der Waals surface area contributed by atoms with Crippen LogP contribution in [0.15, 0.2) is 194 Å². The third-order valence-electron chi connectivity index (χ3n) is 18.1. The Balaban J connectivity index is 0.00001000. The second-order valence-electron chi connectivity index (χ2n) is 29.5. The molecule has 0 saturated carbocycles. The van der Waals surface area contributed by atoms with Gasteiger partial charge in [0.05, 0.1) is 17.8 Å². The van der Waals surface area contributed by atoms with Gasteiger partial charge in [-0.25, -0.2) is 4.98 Å². The summed E-state index contributed by atoms with van der Waals surface area (Å²) in [6.07, 6.45) is 3.48. The molecule has 2 aliphatic rings. The summed E-state index contributed by atoms with van der Waals surface area (Å²) in [6, 6.07) is 38.6. The zero-order chi connectivity index (χ0) is 74.1. The molecule has 0 fully saturated rings. The second kappa shape index (κ2) is 22.7. The number of para-hydroxylation sites is 3. The number of pyridine rings is 1. The predicted molar refractivity (Wildman–Crippen MR) is 376 cm³/mol. The Morgan fingerprint density at radius 3 is 1.74 bits per heavy atom. The Bertz CT molecular complexity index is 5300. The summed E-state index contributed by atoms with van der Waals surface area (Å²) in [5.74, 6) is 0.723. The quantitative estimate of drug-likeness (QED) is 0.135. The molecular weight excluding hydrogens is 1280 g/mol. The number of nitrogens with zero attached hydrogens (tertiary/aromatic N) is 4. The monoisotopic (exact) mass is 1370 g/mol. The predicted octanol–water partition coefficient (Wildman–Crippen LogP) is 23.2. The fraction of sp³-hybridized carbons (Fsp3) is 0.286. The van der Waals surface area contributed by atoms with Gasteiger partial charge >= 0.3 is 0 Å². The third kappa shape index (κ3) is 11.4. The molecule has 1 aliphatic heterocycles. The van der Waals surface area contributed by atoms with Crippen LogP contribution < -0.4 is 14.5 Å². The molecule has 13 rings (SSSR count).